The first-order chi connectivity index (χ1) is 5.91. The molecule has 0 bridgehead atoms. The Morgan fingerprint density at radius 2 is 1.85 bits per heavy atom. The molecule has 0 aromatic rings. The van der Waals surface area contributed by atoms with E-state index in [1.54, 1.807) is 0 Å². The van der Waals surface area contributed by atoms with E-state index < -0.39 is 11.7 Å². The SMILES string of the molecule is CC(C)=C1C=CC(C(F)(F)F)=CC1. The molecule has 0 unspecified atom stereocenters. The van der Waals surface area contributed by atoms with Crippen molar-refractivity contribution >= 4 is 0 Å². The Morgan fingerprint density at radius 3 is 2.15 bits per heavy atom. The Kier molecular flexibility index (Phi) is 2.64. The molecule has 0 spiro atoms. The summed E-state index contributed by atoms with van der Waals surface area (Å²) >= 11 is 0. The van der Waals surface area contributed by atoms with E-state index in [-0.39, 0.29) is 0 Å². The Hall–Kier alpha value is -0.990. The molecule has 72 valence electrons. The van der Waals surface area contributed by atoms with E-state index in [9.17, 15) is 13.2 Å². The summed E-state index contributed by atoms with van der Waals surface area (Å²) in [6, 6.07) is 0. The van der Waals surface area contributed by atoms with Crippen LogP contribution in [-0.2, 0) is 0 Å². The largest absolute Gasteiger partial charge is 0.416 e. The van der Waals surface area contributed by atoms with Gasteiger partial charge in [-0.15, -0.1) is 0 Å². The maximum absolute atomic E-state index is 12.1. The van der Waals surface area contributed by atoms with Gasteiger partial charge >= 0.3 is 6.18 Å². The van der Waals surface area contributed by atoms with Crippen molar-refractivity contribution in [3.05, 3.63) is 34.9 Å². The number of hydrogen-bond donors (Lipinski definition) is 0. The molecule has 1 rings (SSSR count). The van der Waals surface area contributed by atoms with Gasteiger partial charge in [-0.2, -0.15) is 13.2 Å². The summed E-state index contributed by atoms with van der Waals surface area (Å²) in [6.07, 6.45) is 0.0731. The highest BCUT2D eigenvalue weighted by atomic mass is 19.4. The third-order valence-corrected chi connectivity index (χ3v) is 1.98. The molecule has 0 radical (unpaired) electrons. The van der Waals surface area contributed by atoms with Crippen LogP contribution in [0, 0.1) is 0 Å². The number of allylic oxidation sites excluding steroid dienone is 6. The molecular formula is C10H11F3. The molecule has 0 atom stereocenters. The van der Waals surface area contributed by atoms with E-state index in [2.05, 4.69) is 0 Å². The van der Waals surface area contributed by atoms with Gasteiger partial charge in [-0.1, -0.05) is 23.8 Å². The standard InChI is InChI=1S/C10H11F3/c1-7(2)8-3-5-9(6-4-8)10(11,12)13/h3,5-6H,4H2,1-2H3. The third kappa shape index (κ3) is 2.47. The molecule has 0 heterocycles. The Balaban J connectivity index is 2.83. The number of hydrogen-bond acceptors (Lipinski definition) is 0. The predicted octanol–water partition coefficient (Wildman–Crippen LogP) is 3.77. The number of alkyl halides is 3. The summed E-state index contributed by atoms with van der Waals surface area (Å²) < 4.78 is 36.4. The van der Waals surface area contributed by atoms with E-state index in [1.165, 1.54) is 12.2 Å². The predicted molar refractivity (Wildman–Crippen MR) is 46.3 cm³/mol. The van der Waals surface area contributed by atoms with E-state index in [4.69, 9.17) is 0 Å². The van der Waals surface area contributed by atoms with Gasteiger partial charge in [-0.3, -0.25) is 0 Å². The van der Waals surface area contributed by atoms with Crippen LogP contribution >= 0.6 is 0 Å². The highest BCUT2D eigenvalue weighted by molar-refractivity contribution is 5.39. The molecule has 0 aromatic heterocycles. The molecule has 0 saturated carbocycles. The molecule has 3 heteroatoms. The first-order valence-corrected chi connectivity index (χ1v) is 4.03. The minimum Gasteiger partial charge on any atom is -0.166 e. The second kappa shape index (κ2) is 3.40. The summed E-state index contributed by atoms with van der Waals surface area (Å²) in [5, 5.41) is 0. The molecule has 1 aliphatic carbocycles. The smallest absolute Gasteiger partial charge is 0.166 e. The first-order valence-electron chi connectivity index (χ1n) is 4.03. The maximum atomic E-state index is 12.1. The summed E-state index contributed by atoms with van der Waals surface area (Å²) in [6.45, 7) is 3.79. The zero-order valence-electron chi connectivity index (χ0n) is 7.57. The van der Waals surface area contributed by atoms with Crippen LogP contribution in [0.25, 0.3) is 0 Å². The highest BCUT2D eigenvalue weighted by Crippen LogP contribution is 2.31. The van der Waals surface area contributed by atoms with Crippen LogP contribution in [0.15, 0.2) is 34.9 Å². The quantitative estimate of drug-likeness (QED) is 0.542. The monoisotopic (exact) mass is 188 g/mol. The highest BCUT2D eigenvalue weighted by Gasteiger charge is 2.32. The van der Waals surface area contributed by atoms with E-state index >= 15 is 0 Å². The first kappa shape index (κ1) is 10.1. The molecule has 0 amide bonds. The summed E-state index contributed by atoms with van der Waals surface area (Å²) in [5.74, 6) is 0. The van der Waals surface area contributed by atoms with Gasteiger partial charge in [0, 0.05) is 0 Å². The van der Waals surface area contributed by atoms with Crippen LogP contribution in [0.3, 0.4) is 0 Å². The van der Waals surface area contributed by atoms with Gasteiger partial charge in [-0.25, -0.2) is 0 Å². The van der Waals surface area contributed by atoms with Gasteiger partial charge in [0.1, 0.15) is 0 Å². The fourth-order valence-electron chi connectivity index (χ4n) is 1.13. The molecule has 13 heavy (non-hydrogen) atoms. The molecule has 1 aliphatic rings. The van der Waals surface area contributed by atoms with Crippen molar-refractivity contribution in [1.29, 1.82) is 0 Å². The van der Waals surface area contributed by atoms with Crippen LogP contribution in [0.2, 0.25) is 0 Å². The molecular weight excluding hydrogens is 177 g/mol. The maximum Gasteiger partial charge on any atom is 0.416 e. The number of rotatable bonds is 0. The van der Waals surface area contributed by atoms with Crippen molar-refractivity contribution in [3.63, 3.8) is 0 Å². The molecule has 0 fully saturated rings. The molecule has 0 N–H and O–H groups in total. The van der Waals surface area contributed by atoms with Crippen molar-refractivity contribution in [2.75, 3.05) is 0 Å². The summed E-state index contributed by atoms with van der Waals surface area (Å²) in [5.41, 5.74) is 1.49. The van der Waals surface area contributed by atoms with Crippen molar-refractivity contribution in [1.82, 2.24) is 0 Å². The lowest BCUT2D eigenvalue weighted by atomic mass is 9.99. The minimum absolute atomic E-state index is 0.383. The van der Waals surface area contributed by atoms with Gasteiger partial charge in [0.2, 0.25) is 0 Å². The molecule has 0 nitrogen and oxygen atoms in total. The summed E-state index contributed by atoms with van der Waals surface area (Å²) in [7, 11) is 0. The second-order valence-electron chi connectivity index (χ2n) is 3.22. The van der Waals surface area contributed by atoms with Crippen LogP contribution in [-0.4, -0.2) is 6.18 Å². The van der Waals surface area contributed by atoms with Crippen LogP contribution in [0.5, 0.6) is 0 Å². The fraction of sp³-hybridized carbons (Fsp3) is 0.400. The topological polar surface area (TPSA) is 0 Å². The third-order valence-electron chi connectivity index (χ3n) is 1.98. The lowest BCUT2D eigenvalue weighted by Gasteiger charge is -2.13. The molecule has 0 aliphatic heterocycles. The van der Waals surface area contributed by atoms with E-state index in [0.717, 1.165) is 17.2 Å². The minimum atomic E-state index is -4.20. The lowest BCUT2D eigenvalue weighted by molar-refractivity contribution is -0.0885. The molecule has 0 saturated heterocycles. The van der Waals surface area contributed by atoms with E-state index in [0.29, 0.717) is 6.42 Å². The van der Waals surface area contributed by atoms with Gasteiger partial charge < -0.3 is 0 Å². The Morgan fingerprint density at radius 1 is 1.23 bits per heavy atom. The van der Waals surface area contributed by atoms with Gasteiger partial charge in [0.25, 0.3) is 0 Å². The fourth-order valence-corrected chi connectivity index (χ4v) is 1.13. The zero-order valence-corrected chi connectivity index (χ0v) is 7.57. The average molecular weight is 188 g/mol. The van der Waals surface area contributed by atoms with Crippen molar-refractivity contribution in [3.8, 4) is 0 Å². The van der Waals surface area contributed by atoms with Crippen molar-refractivity contribution in [2.24, 2.45) is 0 Å². The van der Waals surface area contributed by atoms with Gasteiger partial charge in [0.15, 0.2) is 0 Å². The van der Waals surface area contributed by atoms with Crippen molar-refractivity contribution in [2.45, 2.75) is 26.4 Å². The number of halogens is 3. The van der Waals surface area contributed by atoms with Crippen LogP contribution < -0.4 is 0 Å². The van der Waals surface area contributed by atoms with Gasteiger partial charge in [0.05, 0.1) is 5.57 Å². The van der Waals surface area contributed by atoms with Crippen molar-refractivity contribution < 1.29 is 13.2 Å². The average Bonchev–Trinajstić information content (AvgIpc) is 2.03. The van der Waals surface area contributed by atoms with E-state index in [1.807, 2.05) is 13.8 Å². The lowest BCUT2D eigenvalue weighted by Crippen LogP contribution is -2.11. The van der Waals surface area contributed by atoms with Crippen LogP contribution in [0.1, 0.15) is 20.3 Å². The summed E-state index contributed by atoms with van der Waals surface area (Å²) in [4.78, 5) is 0. The normalized spacial score (nSPS) is 17.3. The van der Waals surface area contributed by atoms with Gasteiger partial charge in [-0.05, 0) is 25.8 Å². The molecule has 0 aromatic carbocycles. The Labute approximate surface area is 75.4 Å². The zero-order chi connectivity index (χ0) is 10.1. The Bertz CT molecular complexity index is 286. The second-order valence-corrected chi connectivity index (χ2v) is 3.22. The van der Waals surface area contributed by atoms with Crippen LogP contribution in [0.4, 0.5) is 13.2 Å².